The van der Waals surface area contributed by atoms with Crippen LogP contribution in [0.2, 0.25) is 0 Å². The van der Waals surface area contributed by atoms with Crippen LogP contribution in [0.15, 0.2) is 18.2 Å². The van der Waals surface area contributed by atoms with Gasteiger partial charge in [0, 0.05) is 26.2 Å². The number of ether oxygens (including phenoxy) is 1. The summed E-state index contributed by atoms with van der Waals surface area (Å²) in [6, 6.07) is 4.98. The molecule has 0 bridgehead atoms. The zero-order valence-corrected chi connectivity index (χ0v) is 11.0. The van der Waals surface area contributed by atoms with Crippen molar-refractivity contribution in [1.82, 2.24) is 0 Å². The summed E-state index contributed by atoms with van der Waals surface area (Å²) < 4.78 is 19.4. The SMILES string of the molecule is COC1CCN(c2c(F)cccc2[C@H](C)N)CC1. The van der Waals surface area contributed by atoms with Gasteiger partial charge in [-0.05, 0) is 31.4 Å². The quantitative estimate of drug-likeness (QED) is 0.898. The molecule has 18 heavy (non-hydrogen) atoms. The van der Waals surface area contributed by atoms with Crippen molar-refractivity contribution in [3.8, 4) is 0 Å². The molecule has 1 atom stereocenters. The van der Waals surface area contributed by atoms with Crippen molar-refractivity contribution in [3.63, 3.8) is 0 Å². The number of methoxy groups -OCH3 is 1. The lowest BCUT2D eigenvalue weighted by molar-refractivity contribution is 0.0817. The van der Waals surface area contributed by atoms with Gasteiger partial charge in [-0.2, -0.15) is 0 Å². The first kappa shape index (κ1) is 13.3. The van der Waals surface area contributed by atoms with Gasteiger partial charge in [0.1, 0.15) is 5.82 Å². The number of para-hydroxylation sites is 1. The van der Waals surface area contributed by atoms with Crippen LogP contribution in [0.5, 0.6) is 0 Å². The number of anilines is 1. The lowest BCUT2D eigenvalue weighted by Gasteiger charge is -2.34. The number of nitrogens with zero attached hydrogens (tertiary/aromatic N) is 1. The highest BCUT2D eigenvalue weighted by Crippen LogP contribution is 2.30. The summed E-state index contributed by atoms with van der Waals surface area (Å²) in [5.74, 6) is -0.180. The molecule has 4 heteroatoms. The van der Waals surface area contributed by atoms with Gasteiger partial charge >= 0.3 is 0 Å². The molecule has 0 amide bonds. The maximum Gasteiger partial charge on any atom is 0.146 e. The van der Waals surface area contributed by atoms with Crippen LogP contribution >= 0.6 is 0 Å². The Bertz CT molecular complexity index is 401. The van der Waals surface area contributed by atoms with E-state index >= 15 is 0 Å². The fourth-order valence-electron chi connectivity index (χ4n) is 2.55. The highest BCUT2D eigenvalue weighted by atomic mass is 19.1. The summed E-state index contributed by atoms with van der Waals surface area (Å²) in [5, 5.41) is 0. The fourth-order valence-corrected chi connectivity index (χ4v) is 2.55. The molecule has 0 spiro atoms. The van der Waals surface area contributed by atoms with Crippen molar-refractivity contribution < 1.29 is 9.13 Å². The zero-order chi connectivity index (χ0) is 13.1. The molecule has 0 aliphatic carbocycles. The molecule has 1 aliphatic heterocycles. The minimum atomic E-state index is -0.180. The van der Waals surface area contributed by atoms with Gasteiger partial charge in [0.15, 0.2) is 0 Å². The van der Waals surface area contributed by atoms with Gasteiger partial charge in [-0.3, -0.25) is 0 Å². The van der Waals surface area contributed by atoms with E-state index in [-0.39, 0.29) is 11.9 Å². The minimum absolute atomic E-state index is 0.157. The molecule has 1 heterocycles. The normalized spacial score (nSPS) is 19.0. The summed E-state index contributed by atoms with van der Waals surface area (Å²) in [4.78, 5) is 2.09. The minimum Gasteiger partial charge on any atom is -0.381 e. The second-order valence-corrected chi connectivity index (χ2v) is 4.89. The van der Waals surface area contributed by atoms with Crippen LogP contribution in [-0.2, 0) is 4.74 Å². The van der Waals surface area contributed by atoms with E-state index in [1.54, 1.807) is 13.2 Å². The summed E-state index contributed by atoms with van der Waals surface area (Å²) in [6.45, 7) is 3.53. The maximum atomic E-state index is 14.0. The van der Waals surface area contributed by atoms with Crippen molar-refractivity contribution in [2.45, 2.75) is 31.9 Å². The highest BCUT2D eigenvalue weighted by molar-refractivity contribution is 5.56. The second-order valence-electron chi connectivity index (χ2n) is 4.89. The van der Waals surface area contributed by atoms with E-state index in [2.05, 4.69) is 4.90 Å². The third kappa shape index (κ3) is 2.65. The Labute approximate surface area is 108 Å². The summed E-state index contributed by atoms with van der Waals surface area (Å²) in [7, 11) is 1.73. The van der Waals surface area contributed by atoms with Crippen LogP contribution in [0, 0.1) is 5.82 Å². The molecule has 1 aliphatic rings. The van der Waals surface area contributed by atoms with E-state index in [1.165, 1.54) is 6.07 Å². The number of nitrogens with two attached hydrogens (primary N) is 1. The molecule has 3 nitrogen and oxygen atoms in total. The van der Waals surface area contributed by atoms with Crippen LogP contribution < -0.4 is 10.6 Å². The molecule has 1 aromatic rings. The first-order chi connectivity index (χ1) is 8.63. The van der Waals surface area contributed by atoms with Crippen LogP contribution in [0.3, 0.4) is 0 Å². The van der Waals surface area contributed by atoms with Gasteiger partial charge in [-0.15, -0.1) is 0 Å². The van der Waals surface area contributed by atoms with Crippen LogP contribution in [0.25, 0.3) is 0 Å². The van der Waals surface area contributed by atoms with Gasteiger partial charge in [0.2, 0.25) is 0 Å². The molecule has 1 aromatic carbocycles. The smallest absolute Gasteiger partial charge is 0.146 e. The predicted molar refractivity (Wildman–Crippen MR) is 71.2 cm³/mol. The Morgan fingerprint density at radius 2 is 2.06 bits per heavy atom. The Morgan fingerprint density at radius 1 is 1.39 bits per heavy atom. The molecular formula is C14H21FN2O. The fraction of sp³-hybridized carbons (Fsp3) is 0.571. The van der Waals surface area contributed by atoms with Crippen LogP contribution in [-0.4, -0.2) is 26.3 Å². The molecule has 0 saturated carbocycles. The van der Waals surface area contributed by atoms with Crippen molar-refractivity contribution >= 4 is 5.69 Å². The van der Waals surface area contributed by atoms with Gasteiger partial charge in [0.05, 0.1) is 11.8 Å². The number of piperidine rings is 1. The molecule has 0 radical (unpaired) electrons. The number of hydrogen-bond donors (Lipinski definition) is 1. The third-order valence-electron chi connectivity index (χ3n) is 3.60. The number of benzene rings is 1. The first-order valence-electron chi connectivity index (χ1n) is 6.45. The van der Waals surface area contributed by atoms with Crippen molar-refractivity contribution in [2.24, 2.45) is 5.73 Å². The van der Waals surface area contributed by atoms with E-state index in [1.807, 2.05) is 13.0 Å². The van der Waals surface area contributed by atoms with Crippen LogP contribution in [0.1, 0.15) is 31.4 Å². The molecule has 100 valence electrons. The standard InChI is InChI=1S/C14H21FN2O/c1-10(16)12-4-3-5-13(15)14(12)17-8-6-11(18-2)7-9-17/h3-5,10-11H,6-9,16H2,1-2H3/t10-/m0/s1. The van der Waals surface area contributed by atoms with E-state index in [4.69, 9.17) is 10.5 Å². The summed E-state index contributed by atoms with van der Waals surface area (Å²) in [5.41, 5.74) is 7.47. The van der Waals surface area contributed by atoms with Gasteiger partial charge in [0.25, 0.3) is 0 Å². The molecule has 0 aromatic heterocycles. The molecule has 1 fully saturated rings. The monoisotopic (exact) mass is 252 g/mol. The number of hydrogen-bond acceptors (Lipinski definition) is 3. The van der Waals surface area contributed by atoms with Gasteiger partial charge in [-0.25, -0.2) is 4.39 Å². The molecular weight excluding hydrogens is 231 g/mol. The van der Waals surface area contributed by atoms with Gasteiger partial charge in [-0.1, -0.05) is 12.1 Å². The maximum absolute atomic E-state index is 14.0. The highest BCUT2D eigenvalue weighted by Gasteiger charge is 2.23. The average Bonchev–Trinajstić information content (AvgIpc) is 2.38. The lowest BCUT2D eigenvalue weighted by atomic mass is 10.0. The van der Waals surface area contributed by atoms with Crippen molar-refractivity contribution in [1.29, 1.82) is 0 Å². The number of rotatable bonds is 3. The largest absolute Gasteiger partial charge is 0.381 e. The topological polar surface area (TPSA) is 38.5 Å². The Balaban J connectivity index is 2.23. The Morgan fingerprint density at radius 3 is 2.61 bits per heavy atom. The second kappa shape index (κ2) is 5.67. The molecule has 0 unspecified atom stereocenters. The van der Waals surface area contributed by atoms with E-state index in [9.17, 15) is 4.39 Å². The van der Waals surface area contributed by atoms with E-state index < -0.39 is 0 Å². The van der Waals surface area contributed by atoms with E-state index in [0.717, 1.165) is 31.5 Å². The lowest BCUT2D eigenvalue weighted by Crippen LogP contribution is -2.38. The number of halogens is 1. The first-order valence-corrected chi connectivity index (χ1v) is 6.45. The zero-order valence-electron chi connectivity index (χ0n) is 11.0. The van der Waals surface area contributed by atoms with E-state index in [0.29, 0.717) is 11.8 Å². The third-order valence-corrected chi connectivity index (χ3v) is 3.60. The molecule has 1 saturated heterocycles. The molecule has 2 rings (SSSR count). The summed E-state index contributed by atoms with van der Waals surface area (Å²) in [6.07, 6.45) is 2.17. The average molecular weight is 252 g/mol. The van der Waals surface area contributed by atoms with Crippen molar-refractivity contribution in [3.05, 3.63) is 29.6 Å². The predicted octanol–water partition coefficient (Wildman–Crippen LogP) is 2.46. The Kier molecular flexibility index (Phi) is 4.19. The van der Waals surface area contributed by atoms with Crippen molar-refractivity contribution in [2.75, 3.05) is 25.1 Å². The van der Waals surface area contributed by atoms with Crippen LogP contribution in [0.4, 0.5) is 10.1 Å². The Hall–Kier alpha value is -1.13. The van der Waals surface area contributed by atoms with Gasteiger partial charge < -0.3 is 15.4 Å². The molecule has 2 N–H and O–H groups in total. The summed E-state index contributed by atoms with van der Waals surface area (Å²) >= 11 is 0.